The zero-order valence-corrected chi connectivity index (χ0v) is 8.32. The van der Waals surface area contributed by atoms with E-state index in [-0.39, 0.29) is 0 Å². The van der Waals surface area contributed by atoms with E-state index in [1.165, 1.54) is 5.56 Å². The van der Waals surface area contributed by atoms with E-state index in [9.17, 15) is 0 Å². The van der Waals surface area contributed by atoms with Crippen LogP contribution in [-0.2, 0) is 0 Å². The number of rotatable bonds is 1. The standard InChI is InChI=1S/C11H9N2S/c1-2-4-9(5-3-1)10-8-13-7-6-12-11(13)14-10/h1-8,10H/q+1. The van der Waals surface area contributed by atoms with Crippen LogP contribution in [0.15, 0.2) is 47.7 Å². The minimum atomic E-state index is 0.417. The summed E-state index contributed by atoms with van der Waals surface area (Å²) >= 11 is 1.79. The Kier molecular flexibility index (Phi) is 1.77. The molecule has 1 aromatic rings. The van der Waals surface area contributed by atoms with Crippen molar-refractivity contribution in [3.63, 3.8) is 0 Å². The first-order valence-corrected chi connectivity index (χ1v) is 5.41. The van der Waals surface area contributed by atoms with Gasteiger partial charge in [0, 0.05) is 0 Å². The van der Waals surface area contributed by atoms with E-state index in [0.717, 1.165) is 5.17 Å². The van der Waals surface area contributed by atoms with Crippen molar-refractivity contribution in [1.29, 1.82) is 0 Å². The summed E-state index contributed by atoms with van der Waals surface area (Å²) in [5.41, 5.74) is 1.34. The largest absolute Gasteiger partial charge is 0.364 e. The van der Waals surface area contributed by atoms with E-state index < -0.39 is 0 Å². The molecule has 2 aliphatic rings. The lowest BCUT2D eigenvalue weighted by Gasteiger charge is -2.01. The summed E-state index contributed by atoms with van der Waals surface area (Å²) in [6.07, 6.45) is 6.02. The lowest BCUT2D eigenvalue weighted by molar-refractivity contribution is -0.306. The molecular weight excluding hydrogens is 192 g/mol. The third-order valence-electron chi connectivity index (χ3n) is 2.29. The van der Waals surface area contributed by atoms with E-state index in [0.29, 0.717) is 5.25 Å². The van der Waals surface area contributed by atoms with E-state index in [4.69, 9.17) is 0 Å². The van der Waals surface area contributed by atoms with Gasteiger partial charge in [0.15, 0.2) is 6.20 Å². The molecule has 14 heavy (non-hydrogen) atoms. The fourth-order valence-electron chi connectivity index (χ4n) is 1.59. The fourth-order valence-corrected chi connectivity index (χ4v) is 2.67. The summed E-state index contributed by atoms with van der Waals surface area (Å²) in [5.74, 6) is 0. The summed E-state index contributed by atoms with van der Waals surface area (Å²) < 4.78 is 2.09. The van der Waals surface area contributed by atoms with Crippen molar-refractivity contribution in [2.45, 2.75) is 5.25 Å². The van der Waals surface area contributed by atoms with E-state index >= 15 is 0 Å². The maximum absolute atomic E-state index is 4.27. The second kappa shape index (κ2) is 3.10. The summed E-state index contributed by atoms with van der Waals surface area (Å²) in [4.78, 5) is 4.27. The van der Waals surface area contributed by atoms with Crippen LogP contribution in [-0.4, -0.2) is 16.0 Å². The molecule has 0 N–H and O–H groups in total. The number of thioether (sulfide) groups is 1. The third kappa shape index (κ3) is 1.21. The van der Waals surface area contributed by atoms with Crippen LogP contribution in [0.5, 0.6) is 0 Å². The summed E-state index contributed by atoms with van der Waals surface area (Å²) in [7, 11) is 0. The van der Waals surface area contributed by atoms with Gasteiger partial charge >= 0.3 is 5.17 Å². The molecule has 1 atom stereocenters. The van der Waals surface area contributed by atoms with Crippen molar-refractivity contribution in [2.75, 3.05) is 0 Å². The number of hydrogen-bond acceptors (Lipinski definition) is 2. The Morgan fingerprint density at radius 2 is 2.07 bits per heavy atom. The number of benzene rings is 1. The lowest BCUT2D eigenvalue weighted by atomic mass is 10.2. The predicted octanol–water partition coefficient (Wildman–Crippen LogP) is 2.40. The molecule has 0 saturated heterocycles. The van der Waals surface area contributed by atoms with Crippen LogP contribution >= 0.6 is 11.8 Å². The number of fused-ring (bicyclic) bond motifs is 1. The predicted molar refractivity (Wildman–Crippen MR) is 59.7 cm³/mol. The highest BCUT2D eigenvalue weighted by Gasteiger charge is 2.31. The van der Waals surface area contributed by atoms with Gasteiger partial charge in [-0.2, -0.15) is 4.58 Å². The molecule has 0 aliphatic carbocycles. The van der Waals surface area contributed by atoms with Gasteiger partial charge in [-0.25, -0.2) is 0 Å². The summed E-state index contributed by atoms with van der Waals surface area (Å²) in [6.45, 7) is 0. The maximum atomic E-state index is 4.27. The van der Waals surface area contributed by atoms with Gasteiger partial charge in [-0.15, -0.1) is 0 Å². The molecule has 2 nitrogen and oxygen atoms in total. The zero-order valence-electron chi connectivity index (χ0n) is 7.50. The molecule has 0 aromatic heterocycles. The highest BCUT2D eigenvalue weighted by Crippen LogP contribution is 2.34. The first-order chi connectivity index (χ1) is 6.93. The smallest absolute Gasteiger partial charge is 0.196 e. The lowest BCUT2D eigenvalue weighted by Crippen LogP contribution is -2.00. The summed E-state index contributed by atoms with van der Waals surface area (Å²) in [6, 6.07) is 10.5. The minimum absolute atomic E-state index is 0.417. The van der Waals surface area contributed by atoms with Crippen LogP contribution in [0.1, 0.15) is 10.8 Å². The molecular formula is C11H9N2S+. The Balaban J connectivity index is 1.95. The monoisotopic (exact) mass is 201 g/mol. The Hall–Kier alpha value is -1.35. The van der Waals surface area contributed by atoms with E-state index in [1.807, 2.05) is 18.5 Å². The molecule has 0 radical (unpaired) electrons. The molecule has 2 aliphatic heterocycles. The molecule has 2 heterocycles. The van der Waals surface area contributed by atoms with Crippen molar-refractivity contribution in [1.82, 2.24) is 0 Å². The minimum Gasteiger partial charge on any atom is -0.196 e. The maximum Gasteiger partial charge on any atom is 0.364 e. The van der Waals surface area contributed by atoms with Crippen LogP contribution in [0.2, 0.25) is 0 Å². The van der Waals surface area contributed by atoms with Crippen molar-refractivity contribution in [3.8, 4) is 0 Å². The van der Waals surface area contributed by atoms with Gasteiger partial charge in [0.2, 0.25) is 0 Å². The molecule has 3 heteroatoms. The molecule has 3 rings (SSSR count). The van der Waals surface area contributed by atoms with Gasteiger partial charge in [0.25, 0.3) is 0 Å². The fraction of sp³-hybridized carbons (Fsp3) is 0.0909. The van der Waals surface area contributed by atoms with Crippen LogP contribution in [0.3, 0.4) is 0 Å². The molecule has 0 bridgehead atoms. The Morgan fingerprint density at radius 3 is 2.86 bits per heavy atom. The normalized spacial score (nSPS) is 23.3. The first-order valence-electron chi connectivity index (χ1n) is 4.53. The molecule has 0 amide bonds. The van der Waals surface area contributed by atoms with Crippen LogP contribution < -0.4 is 0 Å². The second-order valence-corrected chi connectivity index (χ2v) is 4.32. The third-order valence-corrected chi connectivity index (χ3v) is 3.46. The summed E-state index contributed by atoms with van der Waals surface area (Å²) in [5, 5.41) is 1.50. The molecule has 0 spiro atoms. The van der Waals surface area contributed by atoms with Gasteiger partial charge in [-0.3, -0.25) is 0 Å². The number of nitrogens with zero attached hydrogens (tertiary/aromatic N) is 2. The highest BCUT2D eigenvalue weighted by molar-refractivity contribution is 8.14. The van der Waals surface area contributed by atoms with Crippen molar-refractivity contribution >= 4 is 23.1 Å². The topological polar surface area (TPSA) is 15.4 Å². The zero-order chi connectivity index (χ0) is 9.38. The highest BCUT2D eigenvalue weighted by atomic mass is 32.2. The molecule has 0 fully saturated rings. The van der Waals surface area contributed by atoms with Crippen molar-refractivity contribution < 1.29 is 4.58 Å². The molecule has 1 aromatic carbocycles. The number of hydrogen-bond donors (Lipinski definition) is 0. The Labute approximate surface area is 86.7 Å². The SMILES string of the molecule is C1=C[N+]2=CC(c3ccccc3)SC2=N1. The molecule has 1 unspecified atom stereocenters. The van der Waals surface area contributed by atoms with E-state index in [1.54, 1.807) is 11.8 Å². The molecule has 68 valence electrons. The van der Waals surface area contributed by atoms with Crippen LogP contribution in [0, 0.1) is 0 Å². The van der Waals surface area contributed by atoms with Gasteiger partial charge in [-0.1, -0.05) is 30.3 Å². The van der Waals surface area contributed by atoms with Crippen LogP contribution in [0.25, 0.3) is 0 Å². The Bertz CT molecular complexity index is 446. The molecule has 0 saturated carbocycles. The number of aliphatic imine (C=N–C) groups is 1. The van der Waals surface area contributed by atoms with Gasteiger partial charge in [0.1, 0.15) is 6.20 Å². The average Bonchev–Trinajstić information content (AvgIpc) is 2.78. The first kappa shape index (κ1) is 8.00. The van der Waals surface area contributed by atoms with Crippen molar-refractivity contribution in [3.05, 3.63) is 48.3 Å². The quantitative estimate of drug-likeness (QED) is 0.637. The van der Waals surface area contributed by atoms with E-state index in [2.05, 4.69) is 40.0 Å². The van der Waals surface area contributed by atoms with Gasteiger partial charge < -0.3 is 0 Å². The number of amidine groups is 1. The van der Waals surface area contributed by atoms with Gasteiger partial charge in [0.05, 0.1) is 11.5 Å². The van der Waals surface area contributed by atoms with Crippen molar-refractivity contribution in [2.24, 2.45) is 4.99 Å². The second-order valence-electron chi connectivity index (χ2n) is 3.22. The van der Waals surface area contributed by atoms with Gasteiger partial charge in [-0.05, 0) is 22.3 Å². The average molecular weight is 201 g/mol. The Morgan fingerprint density at radius 1 is 1.21 bits per heavy atom. The van der Waals surface area contributed by atoms with Crippen LogP contribution in [0.4, 0.5) is 0 Å².